The Balaban J connectivity index is 2.81. The normalized spacial score (nSPS) is 14.1. The summed E-state index contributed by atoms with van der Waals surface area (Å²) in [4.78, 5) is 0. The zero-order valence-corrected chi connectivity index (χ0v) is 15.6. The largest absolute Gasteiger partial charge is 0.375 e. The van der Waals surface area contributed by atoms with Gasteiger partial charge in [-0.1, -0.05) is 45.0 Å². The van der Waals surface area contributed by atoms with Crippen molar-refractivity contribution >= 4 is 12.0 Å². The molecule has 0 aliphatic rings. The first-order valence-electron chi connectivity index (χ1n) is 7.87. The van der Waals surface area contributed by atoms with Crippen LogP contribution in [-0.4, -0.2) is 29.5 Å². The average Bonchev–Trinajstić information content (AvgIpc) is 2.44. The molecule has 0 aliphatic carbocycles. The highest BCUT2D eigenvalue weighted by Crippen LogP contribution is 2.31. The molecule has 0 aliphatic heterocycles. The maximum Gasteiger partial charge on any atom is 0.0997 e. The molecule has 0 saturated carbocycles. The van der Waals surface area contributed by atoms with Crippen LogP contribution in [0, 0.1) is 0 Å². The van der Waals surface area contributed by atoms with E-state index in [1.54, 1.807) is 7.11 Å². The lowest BCUT2D eigenvalue weighted by atomic mass is 9.84. The molecule has 1 unspecified atom stereocenters. The molecule has 0 amide bonds. The minimum absolute atomic E-state index is 0.0108. The summed E-state index contributed by atoms with van der Waals surface area (Å²) in [6.45, 7) is 11.8. The van der Waals surface area contributed by atoms with Crippen LogP contribution in [-0.2, 0) is 10.2 Å². The summed E-state index contributed by atoms with van der Waals surface area (Å²) in [7, 11) is 1.76. The predicted molar refractivity (Wildman–Crippen MR) is 96.7 cm³/mol. The first-order chi connectivity index (χ1) is 10.2. The van der Waals surface area contributed by atoms with Gasteiger partial charge in [0.05, 0.1) is 6.10 Å². The zero-order chi connectivity index (χ0) is 16.8. The van der Waals surface area contributed by atoms with Gasteiger partial charge in [0.15, 0.2) is 0 Å². The highest BCUT2D eigenvalue weighted by atomic mass is 32.2. The number of benzene rings is 1. The molecule has 0 spiro atoms. The lowest BCUT2D eigenvalue weighted by Gasteiger charge is -2.35. The third kappa shape index (κ3) is 5.58. The number of nitrogens with one attached hydrogen (secondary N) is 1. The summed E-state index contributed by atoms with van der Waals surface area (Å²) >= 11 is 0.895. The minimum Gasteiger partial charge on any atom is -0.375 e. The Morgan fingerprint density at radius 2 is 1.73 bits per heavy atom. The van der Waals surface area contributed by atoms with Gasteiger partial charge in [0.1, 0.15) is 0 Å². The van der Waals surface area contributed by atoms with Crippen LogP contribution < -0.4 is 5.32 Å². The molecule has 0 saturated heterocycles. The fourth-order valence-electron chi connectivity index (χ4n) is 2.65. The molecule has 1 aromatic carbocycles. The molecule has 126 valence electrons. The highest BCUT2D eigenvalue weighted by Gasteiger charge is 2.30. The van der Waals surface area contributed by atoms with E-state index in [2.05, 4.69) is 64.2 Å². The molecule has 0 fully saturated rings. The van der Waals surface area contributed by atoms with E-state index >= 15 is 0 Å². The van der Waals surface area contributed by atoms with Gasteiger partial charge in [-0.15, -0.1) is 0 Å². The molecule has 22 heavy (non-hydrogen) atoms. The summed E-state index contributed by atoms with van der Waals surface area (Å²) < 4.78 is 14.6. The van der Waals surface area contributed by atoms with E-state index in [1.807, 2.05) is 0 Å². The quantitative estimate of drug-likeness (QED) is 0.540. The van der Waals surface area contributed by atoms with Crippen molar-refractivity contribution in [1.29, 1.82) is 0 Å². The molecule has 1 aromatic rings. The van der Waals surface area contributed by atoms with Crippen molar-refractivity contribution in [2.75, 3.05) is 19.4 Å². The number of hydrogen-bond donors (Lipinski definition) is 2. The topological polar surface area (TPSA) is 41.5 Å². The third-order valence-corrected chi connectivity index (χ3v) is 4.43. The van der Waals surface area contributed by atoms with Crippen molar-refractivity contribution in [3.05, 3.63) is 35.4 Å². The summed E-state index contributed by atoms with van der Waals surface area (Å²) in [5.41, 5.74) is 2.51. The summed E-state index contributed by atoms with van der Waals surface area (Å²) in [6.07, 6.45) is 0.924. The lowest BCUT2D eigenvalue weighted by molar-refractivity contribution is 0.0314. The Labute approximate surface area is 140 Å². The van der Waals surface area contributed by atoms with Crippen LogP contribution in [0.2, 0.25) is 0 Å². The van der Waals surface area contributed by atoms with Crippen molar-refractivity contribution in [2.24, 2.45) is 0 Å². The first-order valence-corrected chi connectivity index (χ1v) is 8.81. The van der Waals surface area contributed by atoms with E-state index in [1.165, 1.54) is 11.1 Å². The third-order valence-electron chi connectivity index (χ3n) is 3.96. The number of methoxy groups -OCH3 is 1. The minimum atomic E-state index is -0.169. The monoisotopic (exact) mass is 325 g/mol. The Kier molecular flexibility index (Phi) is 7.39. The molecule has 4 heteroatoms. The Morgan fingerprint density at radius 3 is 2.18 bits per heavy atom. The molecule has 1 rings (SSSR count). The Morgan fingerprint density at radius 1 is 1.14 bits per heavy atom. The maximum absolute atomic E-state index is 8.78. The van der Waals surface area contributed by atoms with Crippen molar-refractivity contribution in [3.8, 4) is 0 Å². The van der Waals surface area contributed by atoms with E-state index < -0.39 is 0 Å². The highest BCUT2D eigenvalue weighted by molar-refractivity contribution is 7.93. The van der Waals surface area contributed by atoms with Gasteiger partial charge in [0.2, 0.25) is 0 Å². The van der Waals surface area contributed by atoms with Gasteiger partial charge in [-0.05, 0) is 55.4 Å². The molecule has 3 nitrogen and oxygen atoms in total. The standard InChI is InChI=1S/C18H31NO2S/c1-17(2,3)15-10-8-14(9-11-15)16(21-6)18(4,5)19-12-7-13-22-20/h8-11,16,19-20H,7,12-13H2,1-6H3. The molecular formula is C18H31NO2S. The van der Waals surface area contributed by atoms with Gasteiger partial charge in [0.25, 0.3) is 0 Å². The summed E-state index contributed by atoms with van der Waals surface area (Å²) in [5.74, 6) is 0.751. The molecule has 2 N–H and O–H groups in total. The van der Waals surface area contributed by atoms with Gasteiger partial charge >= 0.3 is 0 Å². The van der Waals surface area contributed by atoms with Crippen LogP contribution in [0.25, 0.3) is 0 Å². The molecule has 0 heterocycles. The van der Waals surface area contributed by atoms with Crippen LogP contribution in [0.4, 0.5) is 0 Å². The van der Waals surface area contributed by atoms with E-state index in [4.69, 9.17) is 9.29 Å². The van der Waals surface area contributed by atoms with Crippen molar-refractivity contribution in [2.45, 2.75) is 58.1 Å². The molecular weight excluding hydrogens is 294 g/mol. The Bertz CT molecular complexity index is 437. The van der Waals surface area contributed by atoms with E-state index in [9.17, 15) is 0 Å². The van der Waals surface area contributed by atoms with Gasteiger partial charge in [-0.25, -0.2) is 0 Å². The van der Waals surface area contributed by atoms with Crippen LogP contribution in [0.5, 0.6) is 0 Å². The number of hydrogen-bond acceptors (Lipinski definition) is 4. The van der Waals surface area contributed by atoms with Crippen LogP contribution >= 0.6 is 12.0 Å². The lowest BCUT2D eigenvalue weighted by Crippen LogP contribution is -2.46. The second kappa shape index (κ2) is 8.34. The van der Waals surface area contributed by atoms with E-state index in [0.29, 0.717) is 0 Å². The van der Waals surface area contributed by atoms with Crippen LogP contribution in [0.1, 0.15) is 58.3 Å². The van der Waals surface area contributed by atoms with E-state index in [-0.39, 0.29) is 17.1 Å². The molecule has 0 aromatic heterocycles. The molecule has 0 bridgehead atoms. The second-order valence-electron chi connectivity index (χ2n) is 7.32. The second-order valence-corrected chi connectivity index (χ2v) is 7.99. The zero-order valence-electron chi connectivity index (χ0n) is 14.8. The number of ether oxygens (including phenoxy) is 1. The van der Waals surface area contributed by atoms with Crippen molar-refractivity contribution in [1.82, 2.24) is 5.32 Å². The fourth-order valence-corrected chi connectivity index (χ4v) is 2.92. The molecule has 1 atom stereocenters. The summed E-state index contributed by atoms with van der Waals surface area (Å²) in [6, 6.07) is 8.73. The fraction of sp³-hybridized carbons (Fsp3) is 0.667. The van der Waals surface area contributed by atoms with Crippen LogP contribution in [0.3, 0.4) is 0 Å². The smallest absolute Gasteiger partial charge is 0.0997 e. The van der Waals surface area contributed by atoms with Gasteiger partial charge in [-0.3, -0.25) is 0 Å². The first kappa shape index (κ1) is 19.5. The van der Waals surface area contributed by atoms with Gasteiger partial charge in [0, 0.05) is 18.4 Å². The SMILES string of the molecule is COC(c1ccc(C(C)(C)C)cc1)C(C)(C)NCCCSO. The van der Waals surface area contributed by atoms with Gasteiger partial charge in [-0.2, -0.15) is 0 Å². The Hall–Kier alpha value is -0.550. The van der Waals surface area contributed by atoms with E-state index in [0.717, 1.165) is 30.8 Å². The molecule has 0 radical (unpaired) electrons. The average molecular weight is 326 g/mol. The van der Waals surface area contributed by atoms with Crippen LogP contribution in [0.15, 0.2) is 24.3 Å². The maximum atomic E-state index is 8.78. The predicted octanol–water partition coefficient (Wildman–Crippen LogP) is 4.64. The van der Waals surface area contributed by atoms with Gasteiger partial charge < -0.3 is 14.6 Å². The summed E-state index contributed by atoms with van der Waals surface area (Å²) in [5, 5.41) is 3.54. The van der Waals surface area contributed by atoms with Crippen molar-refractivity contribution < 1.29 is 9.29 Å². The number of rotatable bonds is 8. The van der Waals surface area contributed by atoms with Crippen molar-refractivity contribution in [3.63, 3.8) is 0 Å².